The number of ether oxygens (including phenoxy) is 1. The summed E-state index contributed by atoms with van der Waals surface area (Å²) < 4.78 is 4.98. The van der Waals surface area contributed by atoms with Crippen molar-refractivity contribution in [1.29, 1.82) is 0 Å². The first-order chi connectivity index (χ1) is 7.10. The maximum atomic E-state index is 11.4. The highest BCUT2D eigenvalue weighted by Gasteiger charge is 2.09. The van der Waals surface area contributed by atoms with Crippen molar-refractivity contribution in [2.75, 3.05) is 20.3 Å². The van der Waals surface area contributed by atoms with Crippen LogP contribution in [0.25, 0.3) is 0 Å². The van der Waals surface area contributed by atoms with Crippen molar-refractivity contribution >= 4 is 5.91 Å². The third-order valence-electron chi connectivity index (χ3n) is 2.21. The third kappa shape index (κ3) is 8.39. The zero-order valence-corrected chi connectivity index (χ0v) is 10.1. The standard InChI is InChI=1S/C11H24N2O2/c1-4-5-10(12)6-11(14)13-7-9(2)8-15-3/h9-10H,4-8,12H2,1-3H3,(H,13,14). The highest BCUT2D eigenvalue weighted by Crippen LogP contribution is 1.99. The lowest BCUT2D eigenvalue weighted by atomic mass is 10.1. The Morgan fingerprint density at radius 3 is 2.73 bits per heavy atom. The predicted octanol–water partition coefficient (Wildman–Crippen LogP) is 0.903. The Hall–Kier alpha value is -0.610. The lowest BCUT2D eigenvalue weighted by molar-refractivity contribution is -0.121. The Balaban J connectivity index is 3.56. The van der Waals surface area contributed by atoms with E-state index in [2.05, 4.69) is 12.2 Å². The van der Waals surface area contributed by atoms with E-state index in [0.717, 1.165) is 12.8 Å². The molecular weight excluding hydrogens is 192 g/mol. The molecule has 4 nitrogen and oxygen atoms in total. The van der Waals surface area contributed by atoms with Crippen molar-refractivity contribution in [3.8, 4) is 0 Å². The fourth-order valence-corrected chi connectivity index (χ4v) is 1.41. The summed E-state index contributed by atoms with van der Waals surface area (Å²) in [6, 6.07) is -0.00673. The number of hydrogen-bond acceptors (Lipinski definition) is 3. The first-order valence-corrected chi connectivity index (χ1v) is 5.61. The van der Waals surface area contributed by atoms with Gasteiger partial charge in [-0.25, -0.2) is 0 Å². The predicted molar refractivity (Wildman–Crippen MR) is 61.6 cm³/mol. The van der Waals surface area contributed by atoms with Gasteiger partial charge in [-0.15, -0.1) is 0 Å². The lowest BCUT2D eigenvalue weighted by Crippen LogP contribution is -2.34. The molecular formula is C11H24N2O2. The second kappa shape index (κ2) is 8.68. The van der Waals surface area contributed by atoms with Crippen LogP contribution in [0.1, 0.15) is 33.1 Å². The Bertz CT molecular complexity index is 174. The summed E-state index contributed by atoms with van der Waals surface area (Å²) >= 11 is 0. The van der Waals surface area contributed by atoms with Gasteiger partial charge in [-0.1, -0.05) is 20.3 Å². The molecule has 0 radical (unpaired) electrons. The van der Waals surface area contributed by atoms with Crippen molar-refractivity contribution in [3.05, 3.63) is 0 Å². The number of hydrogen-bond donors (Lipinski definition) is 2. The quantitative estimate of drug-likeness (QED) is 0.633. The smallest absolute Gasteiger partial charge is 0.221 e. The van der Waals surface area contributed by atoms with Crippen LogP contribution in [0.15, 0.2) is 0 Å². The Labute approximate surface area is 92.6 Å². The van der Waals surface area contributed by atoms with E-state index in [1.54, 1.807) is 7.11 Å². The minimum absolute atomic E-state index is 0.00673. The van der Waals surface area contributed by atoms with E-state index >= 15 is 0 Å². The van der Waals surface area contributed by atoms with Gasteiger partial charge in [0.2, 0.25) is 5.91 Å². The van der Waals surface area contributed by atoms with E-state index < -0.39 is 0 Å². The van der Waals surface area contributed by atoms with Crippen molar-refractivity contribution in [2.24, 2.45) is 11.7 Å². The van der Waals surface area contributed by atoms with Gasteiger partial charge in [0.25, 0.3) is 0 Å². The molecule has 0 fully saturated rings. The van der Waals surface area contributed by atoms with Gasteiger partial charge in [-0.3, -0.25) is 4.79 Å². The number of carbonyl (C=O) groups excluding carboxylic acids is 1. The number of methoxy groups -OCH3 is 1. The number of rotatable bonds is 8. The van der Waals surface area contributed by atoms with Gasteiger partial charge >= 0.3 is 0 Å². The molecule has 0 bridgehead atoms. The summed E-state index contributed by atoms with van der Waals surface area (Å²) in [4.78, 5) is 11.4. The molecule has 90 valence electrons. The normalized spacial score (nSPS) is 14.7. The largest absolute Gasteiger partial charge is 0.384 e. The molecule has 0 heterocycles. The average Bonchev–Trinajstić information content (AvgIpc) is 2.15. The fraction of sp³-hybridized carbons (Fsp3) is 0.909. The van der Waals surface area contributed by atoms with Gasteiger partial charge in [0.1, 0.15) is 0 Å². The molecule has 0 saturated carbocycles. The maximum Gasteiger partial charge on any atom is 0.221 e. The van der Waals surface area contributed by atoms with Gasteiger partial charge in [0, 0.05) is 26.1 Å². The SMILES string of the molecule is CCCC(N)CC(=O)NCC(C)COC. The summed E-state index contributed by atoms with van der Waals surface area (Å²) in [7, 11) is 1.66. The molecule has 2 unspecified atom stereocenters. The second-order valence-electron chi connectivity index (χ2n) is 4.12. The first kappa shape index (κ1) is 14.4. The van der Waals surface area contributed by atoms with E-state index in [-0.39, 0.29) is 11.9 Å². The Morgan fingerprint density at radius 2 is 2.20 bits per heavy atom. The molecule has 0 rings (SSSR count). The van der Waals surface area contributed by atoms with Crippen molar-refractivity contribution < 1.29 is 9.53 Å². The molecule has 4 heteroatoms. The number of amides is 1. The zero-order chi connectivity index (χ0) is 11.7. The topological polar surface area (TPSA) is 64.4 Å². The molecule has 15 heavy (non-hydrogen) atoms. The minimum Gasteiger partial charge on any atom is -0.384 e. The minimum atomic E-state index is -0.00673. The molecule has 0 aliphatic rings. The van der Waals surface area contributed by atoms with Crippen LogP contribution in [0.4, 0.5) is 0 Å². The van der Waals surface area contributed by atoms with E-state index in [0.29, 0.717) is 25.5 Å². The highest BCUT2D eigenvalue weighted by molar-refractivity contribution is 5.76. The van der Waals surface area contributed by atoms with Gasteiger partial charge in [-0.05, 0) is 12.3 Å². The van der Waals surface area contributed by atoms with Crippen molar-refractivity contribution in [3.63, 3.8) is 0 Å². The molecule has 0 aromatic rings. The molecule has 0 saturated heterocycles. The van der Waals surface area contributed by atoms with Crippen LogP contribution in [0.2, 0.25) is 0 Å². The molecule has 1 amide bonds. The Morgan fingerprint density at radius 1 is 1.53 bits per heavy atom. The van der Waals surface area contributed by atoms with E-state index in [4.69, 9.17) is 10.5 Å². The van der Waals surface area contributed by atoms with Crippen LogP contribution in [-0.4, -0.2) is 32.2 Å². The van der Waals surface area contributed by atoms with Crippen LogP contribution in [0, 0.1) is 5.92 Å². The zero-order valence-electron chi connectivity index (χ0n) is 10.1. The van der Waals surface area contributed by atoms with Gasteiger partial charge in [0.15, 0.2) is 0 Å². The molecule has 0 aromatic heterocycles. The van der Waals surface area contributed by atoms with Gasteiger partial charge in [-0.2, -0.15) is 0 Å². The summed E-state index contributed by atoms with van der Waals surface area (Å²) in [5, 5.41) is 2.86. The van der Waals surface area contributed by atoms with E-state index in [1.807, 2.05) is 6.92 Å². The van der Waals surface area contributed by atoms with Crippen LogP contribution in [0.3, 0.4) is 0 Å². The maximum absolute atomic E-state index is 11.4. The molecule has 0 spiro atoms. The second-order valence-corrected chi connectivity index (χ2v) is 4.12. The lowest BCUT2D eigenvalue weighted by Gasteiger charge is -2.13. The molecule has 3 N–H and O–H groups in total. The van der Waals surface area contributed by atoms with Crippen molar-refractivity contribution in [2.45, 2.75) is 39.2 Å². The summed E-state index contributed by atoms with van der Waals surface area (Å²) in [6.07, 6.45) is 2.35. The molecule has 2 atom stereocenters. The third-order valence-corrected chi connectivity index (χ3v) is 2.21. The molecule has 0 aliphatic carbocycles. The van der Waals surface area contributed by atoms with Crippen LogP contribution in [-0.2, 0) is 9.53 Å². The Kier molecular flexibility index (Phi) is 8.33. The van der Waals surface area contributed by atoms with Gasteiger partial charge in [0.05, 0.1) is 6.61 Å². The highest BCUT2D eigenvalue weighted by atomic mass is 16.5. The summed E-state index contributed by atoms with van der Waals surface area (Å²) in [5.41, 5.74) is 5.76. The van der Waals surface area contributed by atoms with Gasteiger partial charge < -0.3 is 15.8 Å². The first-order valence-electron chi connectivity index (χ1n) is 5.61. The average molecular weight is 216 g/mol. The van der Waals surface area contributed by atoms with E-state index in [1.165, 1.54) is 0 Å². The number of nitrogens with one attached hydrogen (secondary N) is 1. The number of carbonyl (C=O) groups is 1. The van der Waals surface area contributed by atoms with Crippen LogP contribution >= 0.6 is 0 Å². The van der Waals surface area contributed by atoms with Crippen LogP contribution in [0.5, 0.6) is 0 Å². The molecule has 0 aliphatic heterocycles. The summed E-state index contributed by atoms with van der Waals surface area (Å²) in [6.45, 7) is 5.43. The number of nitrogens with two attached hydrogens (primary N) is 1. The van der Waals surface area contributed by atoms with Crippen molar-refractivity contribution in [1.82, 2.24) is 5.32 Å². The summed E-state index contributed by atoms with van der Waals surface area (Å²) in [5.74, 6) is 0.389. The van der Waals surface area contributed by atoms with Crippen LogP contribution < -0.4 is 11.1 Å². The molecule has 0 aromatic carbocycles. The van der Waals surface area contributed by atoms with E-state index in [9.17, 15) is 4.79 Å². The monoisotopic (exact) mass is 216 g/mol. The fourth-order valence-electron chi connectivity index (χ4n) is 1.41.